The maximum Gasteiger partial charge on any atom is 0.134 e. The lowest BCUT2D eigenvalue weighted by molar-refractivity contribution is 0.149. The first-order valence-electron chi connectivity index (χ1n) is 11.5. The molecule has 3 nitrogen and oxygen atoms in total. The summed E-state index contributed by atoms with van der Waals surface area (Å²) in [5.74, 6) is 2.75. The molecule has 0 radical (unpaired) electrons. The second-order valence-corrected chi connectivity index (χ2v) is 9.15. The fourth-order valence-electron chi connectivity index (χ4n) is 4.44. The summed E-state index contributed by atoms with van der Waals surface area (Å²) in [5.41, 5.74) is 5.53. The first-order chi connectivity index (χ1) is 15.5. The van der Waals surface area contributed by atoms with Gasteiger partial charge in [-0.15, -0.1) is 0 Å². The van der Waals surface area contributed by atoms with Crippen LogP contribution in [0.5, 0.6) is 17.2 Å². The van der Waals surface area contributed by atoms with Gasteiger partial charge in [-0.05, 0) is 74.1 Å². The minimum absolute atomic E-state index is 0.0472. The summed E-state index contributed by atoms with van der Waals surface area (Å²) in [5, 5.41) is 0. The van der Waals surface area contributed by atoms with Crippen molar-refractivity contribution in [2.75, 3.05) is 0 Å². The maximum absolute atomic E-state index is 6.64. The molecule has 2 aliphatic heterocycles. The first-order valence-corrected chi connectivity index (χ1v) is 11.5. The molecule has 0 aliphatic carbocycles. The van der Waals surface area contributed by atoms with Crippen LogP contribution in [-0.2, 0) is 19.4 Å². The van der Waals surface area contributed by atoms with Crippen LogP contribution in [-0.4, -0.2) is 5.60 Å². The summed E-state index contributed by atoms with van der Waals surface area (Å²) < 4.78 is 19.1. The summed E-state index contributed by atoms with van der Waals surface area (Å²) in [6, 6.07) is 21.1. The average Bonchev–Trinajstić information content (AvgIpc) is 2.82. The van der Waals surface area contributed by atoms with E-state index in [1.165, 1.54) is 11.1 Å². The topological polar surface area (TPSA) is 27.7 Å². The second-order valence-electron chi connectivity index (χ2n) is 9.15. The van der Waals surface area contributed by atoms with Crippen LogP contribution >= 0.6 is 0 Å². The van der Waals surface area contributed by atoms with Gasteiger partial charge in [0.05, 0.1) is 5.56 Å². The molecule has 1 unspecified atom stereocenters. The summed E-state index contributed by atoms with van der Waals surface area (Å²) in [7, 11) is 0. The van der Waals surface area contributed by atoms with Gasteiger partial charge in [0.15, 0.2) is 0 Å². The number of fused-ring (bicyclic) bond motifs is 3. The van der Waals surface area contributed by atoms with E-state index in [0.29, 0.717) is 6.61 Å². The zero-order valence-electron chi connectivity index (χ0n) is 19.1. The highest BCUT2D eigenvalue weighted by Crippen LogP contribution is 2.45. The lowest BCUT2D eigenvalue weighted by Crippen LogP contribution is -2.28. The van der Waals surface area contributed by atoms with Gasteiger partial charge < -0.3 is 14.2 Å². The number of benzene rings is 3. The van der Waals surface area contributed by atoms with Crippen LogP contribution in [0.4, 0.5) is 0 Å². The van der Waals surface area contributed by atoms with E-state index in [9.17, 15) is 0 Å². The minimum Gasteiger partial charge on any atom is -0.488 e. The fourth-order valence-corrected chi connectivity index (χ4v) is 4.44. The van der Waals surface area contributed by atoms with Gasteiger partial charge in [0.25, 0.3) is 0 Å². The normalized spacial score (nSPS) is 18.2. The van der Waals surface area contributed by atoms with E-state index in [1.807, 2.05) is 18.2 Å². The molecule has 0 fully saturated rings. The Bertz CT molecular complexity index is 1140. The SMILES string of the molecule is CCc1ccc(C2CCc3ccc4c(c3O2)C=CC(C)(C)O4)c(OCc2ccccc2)c1. The van der Waals surface area contributed by atoms with Crippen LogP contribution in [0.1, 0.15) is 61.1 Å². The van der Waals surface area contributed by atoms with Crippen molar-refractivity contribution in [2.24, 2.45) is 0 Å². The molecule has 1 atom stereocenters. The van der Waals surface area contributed by atoms with Gasteiger partial charge in [-0.1, -0.05) is 55.5 Å². The third-order valence-electron chi connectivity index (χ3n) is 6.27. The Balaban J connectivity index is 1.45. The maximum atomic E-state index is 6.64. The molecule has 3 heteroatoms. The molecule has 2 aliphatic rings. The van der Waals surface area contributed by atoms with Crippen molar-refractivity contribution in [1.82, 2.24) is 0 Å². The van der Waals surface area contributed by atoms with E-state index in [4.69, 9.17) is 14.2 Å². The van der Waals surface area contributed by atoms with Crippen molar-refractivity contribution in [2.45, 2.75) is 58.3 Å². The summed E-state index contributed by atoms with van der Waals surface area (Å²) >= 11 is 0. The zero-order valence-corrected chi connectivity index (χ0v) is 19.1. The Labute approximate surface area is 190 Å². The van der Waals surface area contributed by atoms with Crippen LogP contribution in [0.2, 0.25) is 0 Å². The van der Waals surface area contributed by atoms with Crippen molar-refractivity contribution in [3.8, 4) is 17.2 Å². The van der Waals surface area contributed by atoms with Crippen molar-refractivity contribution in [1.29, 1.82) is 0 Å². The molecule has 32 heavy (non-hydrogen) atoms. The quantitative estimate of drug-likeness (QED) is 0.436. The molecular formula is C29H30O3. The molecule has 3 aromatic rings. The molecule has 0 amide bonds. The van der Waals surface area contributed by atoms with Gasteiger partial charge in [-0.2, -0.15) is 0 Å². The molecule has 0 spiro atoms. The average molecular weight is 427 g/mol. The molecule has 2 heterocycles. The molecule has 0 N–H and O–H groups in total. The van der Waals surface area contributed by atoms with E-state index >= 15 is 0 Å². The Morgan fingerprint density at radius 1 is 1.00 bits per heavy atom. The number of aryl methyl sites for hydroxylation is 2. The lowest BCUT2D eigenvalue weighted by Gasteiger charge is -2.33. The van der Waals surface area contributed by atoms with Crippen LogP contribution in [0.3, 0.4) is 0 Å². The van der Waals surface area contributed by atoms with Crippen LogP contribution in [0, 0.1) is 0 Å². The highest BCUT2D eigenvalue weighted by Gasteiger charge is 2.30. The van der Waals surface area contributed by atoms with E-state index in [2.05, 4.69) is 75.4 Å². The van der Waals surface area contributed by atoms with Gasteiger partial charge in [0.2, 0.25) is 0 Å². The molecule has 0 bridgehead atoms. The van der Waals surface area contributed by atoms with E-state index in [0.717, 1.165) is 53.2 Å². The van der Waals surface area contributed by atoms with Crippen molar-refractivity contribution >= 4 is 6.08 Å². The van der Waals surface area contributed by atoms with E-state index < -0.39 is 0 Å². The number of rotatable bonds is 5. The minimum atomic E-state index is -0.302. The van der Waals surface area contributed by atoms with Crippen LogP contribution in [0.15, 0.2) is 66.7 Å². The molecule has 5 rings (SSSR count). The highest BCUT2D eigenvalue weighted by atomic mass is 16.5. The van der Waals surface area contributed by atoms with Gasteiger partial charge in [-0.25, -0.2) is 0 Å². The molecule has 0 aromatic heterocycles. The smallest absolute Gasteiger partial charge is 0.134 e. The summed E-state index contributed by atoms with van der Waals surface area (Å²) in [4.78, 5) is 0. The fraction of sp³-hybridized carbons (Fsp3) is 0.310. The number of hydrogen-bond acceptors (Lipinski definition) is 3. The third-order valence-corrected chi connectivity index (χ3v) is 6.27. The van der Waals surface area contributed by atoms with E-state index in [1.54, 1.807) is 0 Å². The first kappa shape index (κ1) is 20.7. The monoisotopic (exact) mass is 426 g/mol. The Kier molecular flexibility index (Phi) is 5.42. The van der Waals surface area contributed by atoms with Crippen LogP contribution in [0.25, 0.3) is 6.08 Å². The predicted octanol–water partition coefficient (Wildman–Crippen LogP) is 7.08. The van der Waals surface area contributed by atoms with Crippen molar-refractivity contribution in [3.63, 3.8) is 0 Å². The van der Waals surface area contributed by atoms with E-state index in [-0.39, 0.29) is 11.7 Å². The lowest BCUT2D eigenvalue weighted by atomic mass is 9.92. The Morgan fingerprint density at radius 3 is 2.66 bits per heavy atom. The molecule has 164 valence electrons. The molecular weight excluding hydrogens is 396 g/mol. The zero-order chi connectivity index (χ0) is 22.1. The highest BCUT2D eigenvalue weighted by molar-refractivity contribution is 5.69. The van der Waals surface area contributed by atoms with Gasteiger partial charge in [0, 0.05) is 5.56 Å². The van der Waals surface area contributed by atoms with Gasteiger partial charge in [0.1, 0.15) is 35.6 Å². The molecule has 3 aromatic carbocycles. The number of hydrogen-bond donors (Lipinski definition) is 0. The predicted molar refractivity (Wildman–Crippen MR) is 128 cm³/mol. The summed E-state index contributed by atoms with van der Waals surface area (Å²) in [6.45, 7) is 6.86. The third kappa shape index (κ3) is 4.12. The van der Waals surface area contributed by atoms with Crippen molar-refractivity contribution in [3.05, 3.63) is 94.6 Å². The molecule has 0 saturated carbocycles. The number of ether oxygens (including phenoxy) is 3. The summed E-state index contributed by atoms with van der Waals surface area (Å²) in [6.07, 6.45) is 7.07. The van der Waals surface area contributed by atoms with Gasteiger partial charge >= 0.3 is 0 Å². The standard InChI is InChI=1S/C29H30O3/c1-4-20-10-13-23(27(18-20)30-19-21-8-6-5-7-9-21)25-14-11-22-12-15-26-24(28(22)31-25)16-17-29(2,3)32-26/h5-10,12-13,15-18,25H,4,11,14,19H2,1-3H3. The largest absolute Gasteiger partial charge is 0.488 e. The molecule has 0 saturated heterocycles. The second kappa shape index (κ2) is 8.38. The van der Waals surface area contributed by atoms with Crippen molar-refractivity contribution < 1.29 is 14.2 Å². The van der Waals surface area contributed by atoms with Gasteiger partial charge in [-0.3, -0.25) is 0 Å². The Morgan fingerprint density at radius 2 is 1.84 bits per heavy atom. The van der Waals surface area contributed by atoms with Crippen LogP contribution < -0.4 is 14.2 Å². The Hall–Kier alpha value is -3.20.